The number of anilines is 1. The second kappa shape index (κ2) is 12.1. The SMILES string of the molecule is O=C(NC1CCCC1)[C@H](c1ccco1)N(C(=O)Cn1nnc2ccccc21)c1ccc(S(=O)(=O)N2CCCCC2)cc1. The van der Waals surface area contributed by atoms with Crippen LogP contribution in [-0.2, 0) is 26.2 Å². The quantitative estimate of drug-likeness (QED) is 0.311. The lowest BCUT2D eigenvalue weighted by Crippen LogP contribution is -2.47. The molecule has 1 saturated heterocycles. The van der Waals surface area contributed by atoms with Crippen LogP contribution in [0.25, 0.3) is 11.0 Å². The molecule has 1 saturated carbocycles. The zero-order valence-corrected chi connectivity index (χ0v) is 24.1. The first-order valence-corrected chi connectivity index (χ1v) is 15.9. The molecule has 1 atom stereocenters. The van der Waals surface area contributed by atoms with E-state index in [0.29, 0.717) is 35.6 Å². The van der Waals surface area contributed by atoms with Gasteiger partial charge < -0.3 is 9.73 Å². The van der Waals surface area contributed by atoms with Gasteiger partial charge in [-0.3, -0.25) is 14.5 Å². The minimum atomic E-state index is -3.68. The molecule has 6 rings (SSSR count). The van der Waals surface area contributed by atoms with E-state index >= 15 is 0 Å². The number of hydrogen-bond acceptors (Lipinski definition) is 7. The summed E-state index contributed by atoms with van der Waals surface area (Å²) in [5.41, 5.74) is 1.69. The number of piperidine rings is 1. The lowest BCUT2D eigenvalue weighted by atomic mass is 10.1. The normalized spacial score (nSPS) is 17.3. The maximum absolute atomic E-state index is 14.2. The van der Waals surface area contributed by atoms with Gasteiger partial charge >= 0.3 is 0 Å². The second-order valence-corrected chi connectivity index (χ2v) is 12.8. The van der Waals surface area contributed by atoms with Crippen molar-refractivity contribution in [3.8, 4) is 0 Å². The first-order chi connectivity index (χ1) is 20.4. The molecular formula is C30H34N6O5S. The standard InChI is InChI=1S/C30H34N6O5S/c37-28(21-35-26-12-5-4-11-25(26)32-33-35)36(29(27-13-8-20-41-27)30(38)31-22-9-2-3-10-22)23-14-16-24(17-15-23)42(39,40)34-18-6-1-7-19-34/h4-5,8,11-17,20,22,29H,1-3,6-7,9-10,18-19,21H2,(H,31,38)/t29-/m0/s1. The third-order valence-corrected chi connectivity index (χ3v) is 9.98. The molecule has 42 heavy (non-hydrogen) atoms. The number of amides is 2. The van der Waals surface area contributed by atoms with Gasteiger partial charge in [0, 0.05) is 24.8 Å². The van der Waals surface area contributed by atoms with Crippen molar-refractivity contribution >= 4 is 38.6 Å². The molecule has 0 bridgehead atoms. The molecule has 3 heterocycles. The topological polar surface area (TPSA) is 131 Å². The summed E-state index contributed by atoms with van der Waals surface area (Å²) in [5, 5.41) is 11.4. The molecule has 0 spiro atoms. The van der Waals surface area contributed by atoms with Crippen molar-refractivity contribution in [2.24, 2.45) is 0 Å². The summed E-state index contributed by atoms with van der Waals surface area (Å²) in [6.07, 6.45) is 7.95. The lowest BCUT2D eigenvalue weighted by molar-refractivity contribution is -0.127. The monoisotopic (exact) mass is 590 g/mol. The zero-order valence-electron chi connectivity index (χ0n) is 23.3. The van der Waals surface area contributed by atoms with Crippen LogP contribution >= 0.6 is 0 Å². The molecule has 1 N–H and O–H groups in total. The van der Waals surface area contributed by atoms with Crippen molar-refractivity contribution < 1.29 is 22.4 Å². The molecule has 2 aliphatic rings. The third-order valence-electron chi connectivity index (χ3n) is 8.06. The summed E-state index contributed by atoms with van der Waals surface area (Å²) in [6.45, 7) is 0.785. The Morgan fingerprint density at radius 3 is 2.40 bits per heavy atom. The van der Waals surface area contributed by atoms with E-state index in [1.165, 1.54) is 32.3 Å². The highest BCUT2D eigenvalue weighted by atomic mass is 32.2. The van der Waals surface area contributed by atoms with E-state index in [-0.39, 0.29) is 23.4 Å². The Morgan fingerprint density at radius 1 is 0.952 bits per heavy atom. The lowest BCUT2D eigenvalue weighted by Gasteiger charge is -2.31. The number of nitrogens with zero attached hydrogens (tertiary/aromatic N) is 5. The second-order valence-electron chi connectivity index (χ2n) is 10.9. The van der Waals surface area contributed by atoms with Crippen molar-refractivity contribution in [1.82, 2.24) is 24.6 Å². The van der Waals surface area contributed by atoms with Crippen molar-refractivity contribution in [2.45, 2.75) is 68.5 Å². The zero-order chi connectivity index (χ0) is 29.1. The van der Waals surface area contributed by atoms with E-state index in [2.05, 4.69) is 15.6 Å². The fraction of sp³-hybridized carbons (Fsp3) is 0.400. The van der Waals surface area contributed by atoms with Gasteiger partial charge in [-0.1, -0.05) is 36.6 Å². The Labute approximate surface area is 244 Å². The average molecular weight is 591 g/mol. The number of carbonyl (C=O) groups is 2. The number of para-hydroxylation sites is 1. The molecule has 2 amide bonds. The third kappa shape index (κ3) is 5.68. The maximum atomic E-state index is 14.2. The van der Waals surface area contributed by atoms with Gasteiger partial charge in [-0.25, -0.2) is 13.1 Å². The number of nitrogens with one attached hydrogen (secondary N) is 1. The summed E-state index contributed by atoms with van der Waals surface area (Å²) in [7, 11) is -3.68. The van der Waals surface area contributed by atoms with Crippen molar-refractivity contribution in [1.29, 1.82) is 0 Å². The highest BCUT2D eigenvalue weighted by molar-refractivity contribution is 7.89. The number of rotatable bonds is 9. The molecule has 11 nitrogen and oxygen atoms in total. The van der Waals surface area contributed by atoms with Gasteiger partial charge in [0.15, 0.2) is 6.04 Å². The van der Waals surface area contributed by atoms with Crippen LogP contribution in [0, 0.1) is 0 Å². The highest BCUT2D eigenvalue weighted by Gasteiger charge is 2.37. The molecular weight excluding hydrogens is 556 g/mol. The van der Waals surface area contributed by atoms with Crippen LogP contribution in [0.3, 0.4) is 0 Å². The fourth-order valence-electron chi connectivity index (χ4n) is 5.88. The van der Waals surface area contributed by atoms with Crippen molar-refractivity contribution in [2.75, 3.05) is 18.0 Å². The molecule has 1 aliphatic carbocycles. The van der Waals surface area contributed by atoms with E-state index in [4.69, 9.17) is 4.42 Å². The molecule has 2 aromatic carbocycles. The minimum absolute atomic E-state index is 0.0169. The number of benzene rings is 2. The minimum Gasteiger partial charge on any atom is -0.467 e. The summed E-state index contributed by atoms with van der Waals surface area (Å²) in [5.74, 6) is -0.494. The predicted octanol–water partition coefficient (Wildman–Crippen LogP) is 4.03. The van der Waals surface area contributed by atoms with Crippen molar-refractivity contribution in [3.05, 3.63) is 72.7 Å². The number of carbonyl (C=O) groups excluding carboxylic acids is 2. The molecule has 12 heteroatoms. The van der Waals surface area contributed by atoms with Crippen LogP contribution in [-0.4, -0.2) is 58.7 Å². The Balaban J connectivity index is 1.37. The summed E-state index contributed by atoms with van der Waals surface area (Å²) < 4.78 is 35.3. The first kappa shape index (κ1) is 28.1. The van der Waals surface area contributed by atoms with Crippen LogP contribution in [0.5, 0.6) is 0 Å². The van der Waals surface area contributed by atoms with E-state index in [1.54, 1.807) is 24.3 Å². The van der Waals surface area contributed by atoms with Crippen LogP contribution in [0.1, 0.15) is 56.7 Å². The number of fused-ring (bicyclic) bond motifs is 1. The van der Waals surface area contributed by atoms with Gasteiger partial charge in [0.1, 0.15) is 17.8 Å². The van der Waals surface area contributed by atoms with Crippen LogP contribution < -0.4 is 10.2 Å². The Kier molecular flexibility index (Phi) is 8.07. The van der Waals surface area contributed by atoms with Crippen LogP contribution in [0.4, 0.5) is 5.69 Å². The van der Waals surface area contributed by atoms with E-state index in [1.807, 2.05) is 24.3 Å². The Morgan fingerprint density at radius 2 is 1.69 bits per heavy atom. The number of hydrogen-bond donors (Lipinski definition) is 1. The van der Waals surface area contributed by atoms with Crippen LogP contribution in [0.2, 0.25) is 0 Å². The maximum Gasteiger partial charge on any atom is 0.251 e. The van der Waals surface area contributed by atoms with E-state index in [9.17, 15) is 18.0 Å². The largest absolute Gasteiger partial charge is 0.467 e. The van der Waals surface area contributed by atoms with Crippen molar-refractivity contribution in [3.63, 3.8) is 0 Å². The molecule has 2 fully saturated rings. The molecule has 0 radical (unpaired) electrons. The summed E-state index contributed by atoms with van der Waals surface area (Å²) in [6, 6.07) is 15.7. The highest BCUT2D eigenvalue weighted by Crippen LogP contribution is 2.32. The smallest absolute Gasteiger partial charge is 0.251 e. The Bertz CT molecular complexity index is 1640. The number of aromatic nitrogens is 3. The summed E-state index contributed by atoms with van der Waals surface area (Å²) >= 11 is 0. The van der Waals surface area contributed by atoms with Gasteiger partial charge in [-0.15, -0.1) is 5.10 Å². The van der Waals surface area contributed by atoms with Gasteiger partial charge in [0.2, 0.25) is 15.9 Å². The average Bonchev–Trinajstić information content (AvgIpc) is 3.80. The van der Waals surface area contributed by atoms with Gasteiger partial charge in [0.25, 0.3) is 5.91 Å². The molecule has 4 aromatic rings. The first-order valence-electron chi connectivity index (χ1n) is 14.5. The summed E-state index contributed by atoms with van der Waals surface area (Å²) in [4.78, 5) is 29.5. The van der Waals surface area contributed by atoms with Crippen LogP contribution in [0.15, 0.2) is 76.2 Å². The van der Waals surface area contributed by atoms with Gasteiger partial charge in [-0.05, 0) is 74.2 Å². The fourth-order valence-corrected chi connectivity index (χ4v) is 7.40. The predicted molar refractivity (Wildman–Crippen MR) is 156 cm³/mol. The van der Waals surface area contributed by atoms with Gasteiger partial charge in [-0.2, -0.15) is 4.31 Å². The van der Waals surface area contributed by atoms with E-state index < -0.39 is 22.0 Å². The van der Waals surface area contributed by atoms with E-state index in [0.717, 1.165) is 44.9 Å². The molecule has 1 aliphatic heterocycles. The molecule has 0 unspecified atom stereocenters. The molecule has 2 aromatic heterocycles. The Hall–Kier alpha value is -4.03. The van der Waals surface area contributed by atoms with Gasteiger partial charge in [0.05, 0.1) is 16.7 Å². The number of sulfonamides is 1. The molecule has 220 valence electrons. The number of furan rings is 1.